The Morgan fingerprint density at radius 1 is 1.31 bits per heavy atom. The summed E-state index contributed by atoms with van der Waals surface area (Å²) in [5, 5.41) is 6.84. The summed E-state index contributed by atoms with van der Waals surface area (Å²) in [6, 6.07) is 3.25. The summed E-state index contributed by atoms with van der Waals surface area (Å²) >= 11 is 1.03. The van der Waals surface area contributed by atoms with Crippen molar-refractivity contribution in [2.24, 2.45) is 5.73 Å². The zero-order chi connectivity index (χ0) is 9.84. The van der Waals surface area contributed by atoms with Crippen LogP contribution in [0.1, 0.15) is 5.56 Å². The predicted octanol–water partition coefficient (Wildman–Crippen LogP) is 2.09. The lowest BCUT2D eigenvalue weighted by molar-refractivity contribution is 0.581. The Kier molecular flexibility index (Phi) is 3.25. The number of hydrogen-bond donors (Lipinski definition) is 2. The molecule has 0 spiro atoms. The average Bonchev–Trinajstić information content (AvgIpc) is 1.99. The van der Waals surface area contributed by atoms with Gasteiger partial charge in [0.05, 0.1) is 0 Å². The Hall–Kier alpha value is -1.10. The standard InChI is InChI=1S/C8H8F2N2S/c9-6-1-5(2-7(10)3-6)4-13-8(11)12/h1-3H,4H2,(H3,11,12). The second-order valence-corrected chi connectivity index (χ2v) is 3.45. The SMILES string of the molecule is N=C(N)SCc1cc(F)cc(F)c1. The molecule has 0 fully saturated rings. The lowest BCUT2D eigenvalue weighted by Gasteiger charge is -2.00. The van der Waals surface area contributed by atoms with Crippen LogP contribution < -0.4 is 5.73 Å². The van der Waals surface area contributed by atoms with Gasteiger partial charge in [0.1, 0.15) is 11.6 Å². The van der Waals surface area contributed by atoms with E-state index in [0.717, 1.165) is 17.8 Å². The number of thioether (sulfide) groups is 1. The highest BCUT2D eigenvalue weighted by atomic mass is 32.2. The highest BCUT2D eigenvalue weighted by molar-refractivity contribution is 8.13. The predicted molar refractivity (Wildman–Crippen MR) is 49.6 cm³/mol. The lowest BCUT2D eigenvalue weighted by Crippen LogP contribution is -2.03. The summed E-state index contributed by atoms with van der Waals surface area (Å²) in [4.78, 5) is 0. The molecule has 1 rings (SSSR count). The second kappa shape index (κ2) is 4.23. The molecule has 1 aromatic carbocycles. The largest absolute Gasteiger partial charge is 0.379 e. The van der Waals surface area contributed by atoms with Gasteiger partial charge in [-0.1, -0.05) is 11.8 Å². The molecule has 0 unspecified atom stereocenters. The van der Waals surface area contributed by atoms with Crippen LogP contribution in [-0.2, 0) is 5.75 Å². The first-order chi connectivity index (χ1) is 6.08. The fourth-order valence-corrected chi connectivity index (χ4v) is 1.34. The second-order valence-electron chi connectivity index (χ2n) is 2.43. The summed E-state index contributed by atoms with van der Waals surface area (Å²) in [5.41, 5.74) is 5.56. The third kappa shape index (κ3) is 3.42. The minimum absolute atomic E-state index is 0.0651. The molecule has 0 amide bonds. The van der Waals surface area contributed by atoms with Crippen LogP contribution in [0.2, 0.25) is 0 Å². The summed E-state index contributed by atoms with van der Waals surface area (Å²) in [6.45, 7) is 0. The van der Waals surface area contributed by atoms with Crippen molar-refractivity contribution in [3.63, 3.8) is 0 Å². The van der Waals surface area contributed by atoms with Crippen molar-refractivity contribution in [2.45, 2.75) is 5.75 Å². The van der Waals surface area contributed by atoms with Crippen molar-refractivity contribution >= 4 is 16.9 Å². The van der Waals surface area contributed by atoms with Crippen molar-refractivity contribution in [1.82, 2.24) is 0 Å². The molecule has 0 saturated carbocycles. The summed E-state index contributed by atoms with van der Waals surface area (Å²) in [5.74, 6) is -0.914. The van der Waals surface area contributed by atoms with E-state index in [1.54, 1.807) is 0 Å². The number of amidine groups is 1. The van der Waals surface area contributed by atoms with Crippen molar-refractivity contribution in [3.05, 3.63) is 35.4 Å². The first-order valence-electron chi connectivity index (χ1n) is 3.50. The minimum Gasteiger partial charge on any atom is -0.379 e. The molecular formula is C8H8F2N2S. The van der Waals surface area contributed by atoms with Crippen molar-refractivity contribution < 1.29 is 8.78 Å². The monoisotopic (exact) mass is 202 g/mol. The molecule has 13 heavy (non-hydrogen) atoms. The maximum atomic E-state index is 12.6. The molecule has 5 heteroatoms. The van der Waals surface area contributed by atoms with Crippen molar-refractivity contribution in [2.75, 3.05) is 0 Å². The van der Waals surface area contributed by atoms with Crippen LogP contribution in [0.25, 0.3) is 0 Å². The molecule has 70 valence electrons. The molecule has 0 bridgehead atoms. The van der Waals surface area contributed by atoms with Crippen LogP contribution in [-0.4, -0.2) is 5.17 Å². The quantitative estimate of drug-likeness (QED) is 0.570. The van der Waals surface area contributed by atoms with E-state index < -0.39 is 11.6 Å². The van der Waals surface area contributed by atoms with E-state index in [2.05, 4.69) is 0 Å². The highest BCUT2D eigenvalue weighted by Gasteiger charge is 2.01. The van der Waals surface area contributed by atoms with Crippen molar-refractivity contribution in [1.29, 1.82) is 5.41 Å². The number of rotatable bonds is 2. The Balaban J connectivity index is 2.71. The fourth-order valence-electron chi connectivity index (χ4n) is 0.855. The first-order valence-corrected chi connectivity index (χ1v) is 4.48. The number of nitrogens with two attached hydrogens (primary N) is 1. The van der Waals surface area contributed by atoms with Gasteiger partial charge in [-0.15, -0.1) is 0 Å². The molecule has 0 aromatic heterocycles. The van der Waals surface area contributed by atoms with E-state index in [0.29, 0.717) is 11.3 Å². The number of halogens is 2. The Morgan fingerprint density at radius 3 is 2.31 bits per heavy atom. The van der Waals surface area contributed by atoms with Gasteiger partial charge in [0.2, 0.25) is 0 Å². The molecule has 3 N–H and O–H groups in total. The number of hydrogen-bond acceptors (Lipinski definition) is 2. The first kappa shape index (κ1) is 9.98. The summed E-state index contributed by atoms with van der Waals surface area (Å²) in [6.07, 6.45) is 0. The van der Waals surface area contributed by atoms with Gasteiger partial charge in [0.15, 0.2) is 5.17 Å². The van der Waals surface area contributed by atoms with Crippen LogP contribution in [0.15, 0.2) is 18.2 Å². The smallest absolute Gasteiger partial charge is 0.151 e. The molecule has 0 radical (unpaired) electrons. The van der Waals surface area contributed by atoms with Crippen LogP contribution in [0, 0.1) is 17.0 Å². The van der Waals surface area contributed by atoms with Gasteiger partial charge >= 0.3 is 0 Å². The van der Waals surface area contributed by atoms with Gasteiger partial charge in [-0.05, 0) is 17.7 Å². The topological polar surface area (TPSA) is 49.9 Å². The molecule has 0 atom stereocenters. The molecule has 2 nitrogen and oxygen atoms in total. The fraction of sp³-hybridized carbons (Fsp3) is 0.125. The molecule has 1 aromatic rings. The highest BCUT2D eigenvalue weighted by Crippen LogP contribution is 2.14. The Morgan fingerprint density at radius 2 is 1.85 bits per heavy atom. The van der Waals surface area contributed by atoms with Crippen LogP contribution in [0.3, 0.4) is 0 Å². The summed E-state index contributed by atoms with van der Waals surface area (Å²) < 4.78 is 25.2. The van der Waals surface area contributed by atoms with Gasteiger partial charge in [-0.3, -0.25) is 5.41 Å². The third-order valence-electron chi connectivity index (χ3n) is 1.32. The van der Waals surface area contributed by atoms with Gasteiger partial charge in [-0.25, -0.2) is 8.78 Å². The van der Waals surface area contributed by atoms with E-state index in [9.17, 15) is 8.78 Å². The maximum Gasteiger partial charge on any atom is 0.151 e. The van der Waals surface area contributed by atoms with E-state index in [4.69, 9.17) is 11.1 Å². The minimum atomic E-state index is -0.612. The normalized spacial score (nSPS) is 10.0. The van der Waals surface area contributed by atoms with E-state index in [1.165, 1.54) is 12.1 Å². The lowest BCUT2D eigenvalue weighted by atomic mass is 10.2. The zero-order valence-corrected chi connectivity index (χ0v) is 7.50. The van der Waals surface area contributed by atoms with Gasteiger partial charge < -0.3 is 5.73 Å². The molecule has 0 aliphatic carbocycles. The van der Waals surface area contributed by atoms with Gasteiger partial charge in [-0.2, -0.15) is 0 Å². The molecule has 0 aliphatic rings. The van der Waals surface area contributed by atoms with Crippen LogP contribution in [0.4, 0.5) is 8.78 Å². The Labute approximate surface area is 78.6 Å². The van der Waals surface area contributed by atoms with Gasteiger partial charge in [0, 0.05) is 11.8 Å². The molecular weight excluding hydrogens is 194 g/mol. The number of benzene rings is 1. The van der Waals surface area contributed by atoms with Crippen LogP contribution in [0.5, 0.6) is 0 Å². The van der Waals surface area contributed by atoms with Gasteiger partial charge in [0.25, 0.3) is 0 Å². The summed E-state index contributed by atoms with van der Waals surface area (Å²) in [7, 11) is 0. The maximum absolute atomic E-state index is 12.6. The molecule has 0 saturated heterocycles. The van der Waals surface area contributed by atoms with E-state index >= 15 is 0 Å². The van der Waals surface area contributed by atoms with E-state index in [1.807, 2.05) is 0 Å². The molecule has 0 aliphatic heterocycles. The molecule has 0 heterocycles. The third-order valence-corrected chi connectivity index (χ3v) is 2.11. The average molecular weight is 202 g/mol. The zero-order valence-electron chi connectivity index (χ0n) is 6.68. The van der Waals surface area contributed by atoms with Crippen LogP contribution >= 0.6 is 11.8 Å². The van der Waals surface area contributed by atoms with E-state index in [-0.39, 0.29) is 5.17 Å². The number of nitrogens with one attached hydrogen (secondary N) is 1. The van der Waals surface area contributed by atoms with Crippen molar-refractivity contribution in [3.8, 4) is 0 Å². The Bertz CT molecular complexity index is 308.